The lowest BCUT2D eigenvalue weighted by molar-refractivity contribution is 0.343. The van der Waals surface area contributed by atoms with Gasteiger partial charge in [0.1, 0.15) is 6.07 Å². The molecule has 1 aromatic heterocycles. The fourth-order valence-electron chi connectivity index (χ4n) is 3.00. The molecule has 0 spiro atoms. The molecule has 1 aliphatic rings. The number of nitriles is 1. The number of hydrogen-bond acceptors (Lipinski definition) is 6. The summed E-state index contributed by atoms with van der Waals surface area (Å²) in [6, 6.07) is 5.58. The van der Waals surface area contributed by atoms with Gasteiger partial charge >= 0.3 is 5.76 Å². The van der Waals surface area contributed by atoms with E-state index in [-0.39, 0.29) is 11.9 Å². The van der Waals surface area contributed by atoms with Crippen LogP contribution in [0.4, 0.5) is 5.69 Å². The second-order valence-electron chi connectivity index (χ2n) is 5.94. The van der Waals surface area contributed by atoms with Crippen molar-refractivity contribution in [2.75, 3.05) is 18.4 Å². The average molecular weight is 348 g/mol. The maximum Gasteiger partial charge on any atom is 0.434 e. The second-order valence-corrected chi connectivity index (χ2v) is 6.31. The van der Waals surface area contributed by atoms with E-state index in [1.807, 2.05) is 0 Å². The third kappa shape index (κ3) is 3.45. The van der Waals surface area contributed by atoms with Crippen LogP contribution in [0.3, 0.4) is 0 Å². The van der Waals surface area contributed by atoms with Gasteiger partial charge in [0.05, 0.1) is 16.3 Å². The maximum atomic E-state index is 11.2. The van der Waals surface area contributed by atoms with Crippen LogP contribution < -0.4 is 16.4 Å². The molecule has 1 atom stereocenters. The molecule has 3 N–H and O–H groups in total. The van der Waals surface area contributed by atoms with Crippen LogP contribution in [0.1, 0.15) is 25.3 Å². The van der Waals surface area contributed by atoms with Crippen LogP contribution in [0.25, 0.3) is 11.5 Å². The molecular formula is C16H18ClN5O2. The van der Waals surface area contributed by atoms with E-state index in [1.165, 1.54) is 0 Å². The summed E-state index contributed by atoms with van der Waals surface area (Å²) in [5.41, 5.74) is 1.47. The van der Waals surface area contributed by atoms with Crippen molar-refractivity contribution in [3.8, 4) is 17.5 Å². The number of halogens is 1. The van der Waals surface area contributed by atoms with Gasteiger partial charge in [0.2, 0.25) is 5.89 Å². The summed E-state index contributed by atoms with van der Waals surface area (Å²) in [6.07, 6.45) is 2.18. The van der Waals surface area contributed by atoms with Gasteiger partial charge in [-0.05, 0) is 50.9 Å². The standard InChI is InChI=1S/C16H18ClN5O2/c1-9(10-2-4-19-5-3-10)20-13-7-11(6-12(8-18)14(13)17)15-21-22-16(23)24-15/h6-7,9-10,19-20H,2-5H2,1H3,(H,22,23)/t9-/m0/s1. The maximum absolute atomic E-state index is 11.2. The van der Waals surface area contributed by atoms with Crippen LogP contribution in [-0.2, 0) is 0 Å². The molecule has 2 heterocycles. The first-order valence-electron chi connectivity index (χ1n) is 7.85. The van der Waals surface area contributed by atoms with E-state index in [1.54, 1.807) is 12.1 Å². The normalized spacial score (nSPS) is 16.5. The highest BCUT2D eigenvalue weighted by molar-refractivity contribution is 6.34. The summed E-state index contributed by atoms with van der Waals surface area (Å²) in [4.78, 5) is 11.2. The van der Waals surface area contributed by atoms with Gasteiger partial charge in [-0.2, -0.15) is 5.26 Å². The Morgan fingerprint density at radius 1 is 1.46 bits per heavy atom. The van der Waals surface area contributed by atoms with Gasteiger partial charge in [-0.3, -0.25) is 0 Å². The molecular weight excluding hydrogens is 330 g/mol. The molecule has 24 heavy (non-hydrogen) atoms. The van der Waals surface area contributed by atoms with Gasteiger partial charge in [0.15, 0.2) is 0 Å². The molecule has 1 aliphatic heterocycles. The molecule has 1 saturated heterocycles. The largest absolute Gasteiger partial charge is 0.434 e. The Morgan fingerprint density at radius 3 is 2.83 bits per heavy atom. The van der Waals surface area contributed by atoms with E-state index in [4.69, 9.17) is 16.0 Å². The van der Waals surface area contributed by atoms with Crippen LogP contribution in [-0.4, -0.2) is 29.3 Å². The van der Waals surface area contributed by atoms with E-state index in [2.05, 4.69) is 33.8 Å². The summed E-state index contributed by atoms with van der Waals surface area (Å²) in [7, 11) is 0. The number of rotatable bonds is 4. The number of aromatic nitrogens is 2. The van der Waals surface area contributed by atoms with Crippen molar-refractivity contribution in [3.05, 3.63) is 33.3 Å². The third-order valence-electron chi connectivity index (χ3n) is 4.35. The summed E-state index contributed by atoms with van der Waals surface area (Å²) in [5, 5.41) is 22.4. The molecule has 7 nitrogen and oxygen atoms in total. The summed E-state index contributed by atoms with van der Waals surface area (Å²) in [6.45, 7) is 4.12. The lowest BCUT2D eigenvalue weighted by atomic mass is 9.91. The van der Waals surface area contributed by atoms with Crippen molar-refractivity contribution >= 4 is 17.3 Å². The Bertz CT molecular complexity index is 817. The molecule has 0 unspecified atom stereocenters. The highest BCUT2D eigenvalue weighted by Gasteiger charge is 2.21. The van der Waals surface area contributed by atoms with Crippen LogP contribution in [0, 0.1) is 17.2 Å². The molecule has 0 bridgehead atoms. The van der Waals surface area contributed by atoms with Crippen molar-refractivity contribution in [2.24, 2.45) is 5.92 Å². The van der Waals surface area contributed by atoms with Crippen LogP contribution >= 0.6 is 11.6 Å². The lowest BCUT2D eigenvalue weighted by Crippen LogP contribution is -2.36. The minimum absolute atomic E-state index is 0.130. The predicted molar refractivity (Wildman–Crippen MR) is 91.0 cm³/mol. The van der Waals surface area contributed by atoms with E-state index in [9.17, 15) is 10.1 Å². The van der Waals surface area contributed by atoms with Crippen molar-refractivity contribution < 1.29 is 4.42 Å². The first-order chi connectivity index (χ1) is 11.6. The minimum Gasteiger partial charge on any atom is -0.388 e. The van der Waals surface area contributed by atoms with Crippen molar-refractivity contribution in [1.29, 1.82) is 5.26 Å². The molecule has 2 aromatic rings. The minimum atomic E-state index is -0.643. The third-order valence-corrected chi connectivity index (χ3v) is 4.76. The number of anilines is 1. The SMILES string of the molecule is C[C@H](Nc1cc(-c2n[nH]c(=O)o2)cc(C#N)c1Cl)C1CCNCC1. The molecule has 8 heteroatoms. The smallest absolute Gasteiger partial charge is 0.388 e. The summed E-state index contributed by atoms with van der Waals surface area (Å²) < 4.78 is 4.97. The van der Waals surface area contributed by atoms with Crippen LogP contribution in [0.2, 0.25) is 5.02 Å². The summed E-state index contributed by atoms with van der Waals surface area (Å²) in [5.74, 6) is 0.0154. The molecule has 126 valence electrons. The first-order valence-corrected chi connectivity index (χ1v) is 8.23. The number of hydrogen-bond donors (Lipinski definition) is 3. The number of aromatic amines is 1. The van der Waals surface area contributed by atoms with E-state index in [0.29, 0.717) is 27.8 Å². The Kier molecular flexibility index (Phi) is 4.88. The van der Waals surface area contributed by atoms with E-state index < -0.39 is 5.76 Å². The molecule has 0 amide bonds. The van der Waals surface area contributed by atoms with Gasteiger partial charge < -0.3 is 15.1 Å². The lowest BCUT2D eigenvalue weighted by Gasteiger charge is -2.30. The van der Waals surface area contributed by atoms with Crippen molar-refractivity contribution in [2.45, 2.75) is 25.8 Å². The highest BCUT2D eigenvalue weighted by Crippen LogP contribution is 2.33. The Hall–Kier alpha value is -2.30. The highest BCUT2D eigenvalue weighted by atomic mass is 35.5. The Labute approximate surface area is 144 Å². The van der Waals surface area contributed by atoms with E-state index in [0.717, 1.165) is 25.9 Å². The predicted octanol–water partition coefficient (Wildman–Crippen LogP) is 2.35. The Morgan fingerprint density at radius 2 is 2.21 bits per heavy atom. The summed E-state index contributed by atoms with van der Waals surface area (Å²) >= 11 is 6.34. The number of benzene rings is 1. The molecule has 1 fully saturated rings. The van der Waals surface area contributed by atoms with Crippen molar-refractivity contribution in [1.82, 2.24) is 15.5 Å². The van der Waals surface area contributed by atoms with Crippen molar-refractivity contribution in [3.63, 3.8) is 0 Å². The number of H-pyrrole nitrogens is 1. The fourth-order valence-corrected chi connectivity index (χ4v) is 3.20. The molecule has 0 radical (unpaired) electrons. The number of nitrogens with one attached hydrogen (secondary N) is 3. The molecule has 1 aromatic carbocycles. The topological polar surface area (TPSA) is 107 Å². The monoisotopic (exact) mass is 347 g/mol. The van der Waals surface area contributed by atoms with Crippen LogP contribution in [0.5, 0.6) is 0 Å². The average Bonchev–Trinajstić information content (AvgIpc) is 3.04. The zero-order valence-corrected chi connectivity index (χ0v) is 14.0. The van der Waals surface area contributed by atoms with Gasteiger partial charge in [-0.15, -0.1) is 5.10 Å². The second kappa shape index (κ2) is 7.07. The van der Waals surface area contributed by atoms with Crippen LogP contribution in [0.15, 0.2) is 21.3 Å². The van der Waals surface area contributed by atoms with Gasteiger partial charge in [0.25, 0.3) is 0 Å². The number of piperidine rings is 1. The Balaban J connectivity index is 1.91. The molecule has 0 saturated carbocycles. The van der Waals surface area contributed by atoms with E-state index >= 15 is 0 Å². The first kappa shape index (κ1) is 16.6. The van der Waals surface area contributed by atoms with Gasteiger partial charge in [-0.25, -0.2) is 9.89 Å². The quantitative estimate of drug-likeness (QED) is 0.783. The zero-order valence-electron chi connectivity index (χ0n) is 13.2. The molecule has 0 aliphatic carbocycles. The van der Waals surface area contributed by atoms with Gasteiger partial charge in [-0.1, -0.05) is 11.6 Å². The zero-order chi connectivity index (χ0) is 17.1. The van der Waals surface area contributed by atoms with Gasteiger partial charge in [0, 0.05) is 11.6 Å². The fraction of sp³-hybridized carbons (Fsp3) is 0.438. The number of nitrogens with zero attached hydrogens (tertiary/aromatic N) is 2. The molecule has 3 rings (SSSR count).